The van der Waals surface area contributed by atoms with E-state index in [4.69, 9.17) is 9.47 Å². The summed E-state index contributed by atoms with van der Waals surface area (Å²) in [5.41, 5.74) is 0. The van der Waals surface area contributed by atoms with E-state index in [2.05, 4.69) is 11.8 Å². The Morgan fingerprint density at radius 2 is 1.75 bits per heavy atom. The molecule has 0 aliphatic carbocycles. The van der Waals surface area contributed by atoms with Crippen LogP contribution in [0, 0.1) is 5.92 Å². The zero-order chi connectivity index (χ0) is 11.8. The third-order valence-electron chi connectivity index (χ3n) is 3.57. The first-order valence-corrected chi connectivity index (χ1v) is 6.61. The number of nitrogens with zero attached hydrogens (tertiary/aromatic N) is 1. The summed E-state index contributed by atoms with van der Waals surface area (Å²) >= 11 is 0. The van der Waals surface area contributed by atoms with Gasteiger partial charge in [-0.25, -0.2) is 0 Å². The summed E-state index contributed by atoms with van der Waals surface area (Å²) in [6.07, 6.45) is 7.98. The van der Waals surface area contributed by atoms with Gasteiger partial charge in [0.2, 0.25) is 6.41 Å². The molecule has 16 heavy (non-hydrogen) atoms. The zero-order valence-corrected chi connectivity index (χ0v) is 11.1. The molecule has 3 heteroatoms. The Morgan fingerprint density at radius 3 is 2.25 bits per heavy atom. The highest BCUT2D eigenvalue weighted by atomic mass is 16.7. The monoisotopic (exact) mass is 229 g/mol. The Labute approximate surface area is 100 Å². The van der Waals surface area contributed by atoms with Gasteiger partial charge in [-0.15, -0.1) is 0 Å². The highest BCUT2D eigenvalue weighted by molar-refractivity contribution is 4.72. The SMILES string of the molecule is CCCCCC1CCN(C(OC)OC)CC1. The van der Waals surface area contributed by atoms with E-state index in [-0.39, 0.29) is 6.41 Å². The number of piperidine rings is 1. The first kappa shape index (κ1) is 13.9. The van der Waals surface area contributed by atoms with Gasteiger partial charge < -0.3 is 9.47 Å². The lowest BCUT2D eigenvalue weighted by molar-refractivity contribution is -0.202. The van der Waals surface area contributed by atoms with Gasteiger partial charge in [0.1, 0.15) is 0 Å². The molecule has 3 nitrogen and oxygen atoms in total. The molecule has 0 spiro atoms. The minimum absolute atomic E-state index is 0.142. The van der Waals surface area contributed by atoms with Crippen molar-refractivity contribution in [1.29, 1.82) is 0 Å². The van der Waals surface area contributed by atoms with Crippen LogP contribution in [0.5, 0.6) is 0 Å². The van der Waals surface area contributed by atoms with Crippen LogP contribution in [0.15, 0.2) is 0 Å². The molecular formula is C13H27NO2. The fourth-order valence-electron chi connectivity index (χ4n) is 2.53. The van der Waals surface area contributed by atoms with Crippen LogP contribution < -0.4 is 0 Å². The molecule has 0 aromatic carbocycles. The van der Waals surface area contributed by atoms with Gasteiger partial charge in [0.05, 0.1) is 0 Å². The van der Waals surface area contributed by atoms with Crippen molar-refractivity contribution in [3.05, 3.63) is 0 Å². The number of methoxy groups -OCH3 is 2. The summed E-state index contributed by atoms with van der Waals surface area (Å²) in [6, 6.07) is 0. The van der Waals surface area contributed by atoms with Crippen molar-refractivity contribution in [3.63, 3.8) is 0 Å². The van der Waals surface area contributed by atoms with E-state index in [1.807, 2.05) is 0 Å². The summed E-state index contributed by atoms with van der Waals surface area (Å²) in [7, 11) is 3.42. The molecule has 1 heterocycles. The van der Waals surface area contributed by atoms with E-state index in [0.717, 1.165) is 19.0 Å². The molecule has 0 aromatic heterocycles. The molecule has 0 saturated carbocycles. The van der Waals surface area contributed by atoms with Gasteiger partial charge in [0.15, 0.2) is 0 Å². The third-order valence-corrected chi connectivity index (χ3v) is 3.57. The van der Waals surface area contributed by atoms with E-state index >= 15 is 0 Å². The van der Waals surface area contributed by atoms with E-state index in [1.54, 1.807) is 14.2 Å². The van der Waals surface area contributed by atoms with Crippen molar-refractivity contribution in [3.8, 4) is 0 Å². The second-order valence-electron chi connectivity index (χ2n) is 4.75. The summed E-state index contributed by atoms with van der Waals surface area (Å²) in [6.45, 7) is 4.50. The molecule has 96 valence electrons. The maximum absolute atomic E-state index is 5.28. The van der Waals surface area contributed by atoms with Gasteiger partial charge in [-0.3, -0.25) is 4.90 Å². The van der Waals surface area contributed by atoms with Crippen LogP contribution in [-0.2, 0) is 9.47 Å². The maximum Gasteiger partial charge on any atom is 0.218 e. The largest absolute Gasteiger partial charge is 0.343 e. The normalized spacial score (nSPS) is 19.5. The van der Waals surface area contributed by atoms with Crippen LogP contribution in [0.4, 0.5) is 0 Å². The molecule has 0 bridgehead atoms. The lowest BCUT2D eigenvalue weighted by Gasteiger charge is -2.35. The molecule has 0 aromatic rings. The number of rotatable bonds is 7. The summed E-state index contributed by atoms with van der Waals surface area (Å²) < 4.78 is 10.6. The molecule has 0 amide bonds. The topological polar surface area (TPSA) is 21.7 Å². The Balaban J connectivity index is 2.17. The predicted octanol–water partition coefficient (Wildman–Crippen LogP) is 2.86. The summed E-state index contributed by atoms with van der Waals surface area (Å²) in [5.74, 6) is 0.928. The Morgan fingerprint density at radius 1 is 1.12 bits per heavy atom. The quantitative estimate of drug-likeness (QED) is 0.495. The van der Waals surface area contributed by atoms with Crippen molar-refractivity contribution in [1.82, 2.24) is 4.90 Å². The maximum atomic E-state index is 5.28. The van der Waals surface area contributed by atoms with Crippen LogP contribution in [0.1, 0.15) is 45.4 Å². The Kier molecular flexibility index (Phi) is 7.01. The number of likely N-dealkylation sites (tertiary alicyclic amines) is 1. The molecule has 1 aliphatic heterocycles. The molecule has 0 atom stereocenters. The van der Waals surface area contributed by atoms with Crippen molar-refractivity contribution >= 4 is 0 Å². The smallest absolute Gasteiger partial charge is 0.218 e. The van der Waals surface area contributed by atoms with Gasteiger partial charge in [0, 0.05) is 27.3 Å². The van der Waals surface area contributed by atoms with Crippen LogP contribution in [0.25, 0.3) is 0 Å². The van der Waals surface area contributed by atoms with Gasteiger partial charge in [0.25, 0.3) is 0 Å². The molecule has 1 aliphatic rings. The average Bonchev–Trinajstić information content (AvgIpc) is 2.33. The van der Waals surface area contributed by atoms with Crippen LogP contribution in [0.3, 0.4) is 0 Å². The van der Waals surface area contributed by atoms with Crippen molar-refractivity contribution in [2.24, 2.45) is 5.92 Å². The van der Waals surface area contributed by atoms with Crippen molar-refractivity contribution in [2.45, 2.75) is 51.9 Å². The van der Waals surface area contributed by atoms with E-state index in [0.29, 0.717) is 0 Å². The zero-order valence-electron chi connectivity index (χ0n) is 11.1. The van der Waals surface area contributed by atoms with Crippen LogP contribution in [-0.4, -0.2) is 38.6 Å². The molecular weight excluding hydrogens is 202 g/mol. The minimum atomic E-state index is -0.142. The standard InChI is InChI=1S/C13H27NO2/c1-4-5-6-7-12-8-10-14(11-9-12)13(15-2)16-3/h12-13H,4-11H2,1-3H3. The second-order valence-corrected chi connectivity index (χ2v) is 4.75. The fourth-order valence-corrected chi connectivity index (χ4v) is 2.53. The lowest BCUT2D eigenvalue weighted by Crippen LogP contribution is -2.43. The third kappa shape index (κ3) is 4.40. The highest BCUT2D eigenvalue weighted by Gasteiger charge is 2.24. The first-order chi connectivity index (χ1) is 7.81. The minimum Gasteiger partial charge on any atom is -0.343 e. The number of hydrogen-bond acceptors (Lipinski definition) is 3. The second kappa shape index (κ2) is 8.04. The van der Waals surface area contributed by atoms with Gasteiger partial charge in [-0.1, -0.05) is 32.6 Å². The van der Waals surface area contributed by atoms with Crippen molar-refractivity contribution in [2.75, 3.05) is 27.3 Å². The Hall–Kier alpha value is -0.120. The van der Waals surface area contributed by atoms with E-state index < -0.39 is 0 Å². The molecule has 0 N–H and O–H groups in total. The number of unbranched alkanes of at least 4 members (excludes halogenated alkanes) is 2. The molecule has 1 rings (SSSR count). The lowest BCUT2D eigenvalue weighted by atomic mass is 9.91. The van der Waals surface area contributed by atoms with E-state index in [1.165, 1.54) is 38.5 Å². The number of ether oxygens (including phenoxy) is 2. The highest BCUT2D eigenvalue weighted by Crippen LogP contribution is 2.24. The van der Waals surface area contributed by atoms with Crippen LogP contribution in [0.2, 0.25) is 0 Å². The van der Waals surface area contributed by atoms with Crippen LogP contribution >= 0.6 is 0 Å². The van der Waals surface area contributed by atoms with Crippen molar-refractivity contribution < 1.29 is 9.47 Å². The Bertz CT molecular complexity index is 163. The first-order valence-electron chi connectivity index (χ1n) is 6.61. The molecule has 1 saturated heterocycles. The molecule has 0 unspecified atom stereocenters. The molecule has 1 fully saturated rings. The van der Waals surface area contributed by atoms with Gasteiger partial charge in [-0.2, -0.15) is 0 Å². The van der Waals surface area contributed by atoms with E-state index in [9.17, 15) is 0 Å². The van der Waals surface area contributed by atoms with Gasteiger partial charge >= 0.3 is 0 Å². The van der Waals surface area contributed by atoms with Gasteiger partial charge in [-0.05, 0) is 18.8 Å². The number of hydrogen-bond donors (Lipinski definition) is 0. The predicted molar refractivity (Wildman–Crippen MR) is 66.2 cm³/mol. The average molecular weight is 229 g/mol. The summed E-state index contributed by atoms with van der Waals surface area (Å²) in [4.78, 5) is 2.29. The molecule has 0 radical (unpaired) electrons. The summed E-state index contributed by atoms with van der Waals surface area (Å²) in [5, 5.41) is 0. The fraction of sp³-hybridized carbons (Fsp3) is 1.00.